The Morgan fingerprint density at radius 1 is 1.11 bits per heavy atom. The molecule has 4 fully saturated rings. The summed E-state index contributed by atoms with van der Waals surface area (Å²) in [6.07, 6.45) is 8.14. The largest absolute Gasteiger partial charge is 0.352 e. The number of benzene rings is 1. The van der Waals surface area contributed by atoms with Gasteiger partial charge in [0.05, 0.1) is 5.41 Å². The molecule has 0 aliphatic heterocycles. The van der Waals surface area contributed by atoms with Crippen molar-refractivity contribution in [3.63, 3.8) is 0 Å². The molecule has 1 heterocycles. The van der Waals surface area contributed by atoms with Gasteiger partial charge in [0.1, 0.15) is 0 Å². The summed E-state index contributed by atoms with van der Waals surface area (Å²) in [5.74, 6) is 0.958. The SMILES string of the molecule is O=C(NCc1ccnc(F)c1)C12CC3CC(C1)CC(c1ccccc1)(C3)C2. The Hall–Kier alpha value is -2.23. The van der Waals surface area contributed by atoms with Crippen LogP contribution in [0.2, 0.25) is 0 Å². The second-order valence-electron chi connectivity index (χ2n) is 9.06. The van der Waals surface area contributed by atoms with E-state index in [2.05, 4.69) is 40.6 Å². The zero-order valence-electron chi connectivity index (χ0n) is 15.5. The molecule has 1 aromatic carbocycles. The second kappa shape index (κ2) is 6.15. The Morgan fingerprint density at radius 3 is 2.56 bits per heavy atom. The summed E-state index contributed by atoms with van der Waals surface area (Å²) >= 11 is 0. The number of halogens is 1. The van der Waals surface area contributed by atoms with E-state index in [1.54, 1.807) is 6.07 Å². The minimum absolute atomic E-state index is 0.158. The number of amides is 1. The van der Waals surface area contributed by atoms with Crippen LogP contribution >= 0.6 is 0 Å². The number of carbonyl (C=O) groups is 1. The monoisotopic (exact) mass is 364 g/mol. The molecule has 4 heteroatoms. The molecule has 2 atom stereocenters. The van der Waals surface area contributed by atoms with Crippen molar-refractivity contribution in [1.82, 2.24) is 10.3 Å². The van der Waals surface area contributed by atoms with E-state index in [1.165, 1.54) is 37.1 Å². The molecule has 2 unspecified atom stereocenters. The van der Waals surface area contributed by atoms with E-state index in [1.807, 2.05) is 0 Å². The van der Waals surface area contributed by atoms with Crippen molar-refractivity contribution in [2.45, 2.75) is 50.5 Å². The first-order valence-electron chi connectivity index (χ1n) is 10.0. The predicted octanol–water partition coefficient (Wildman–Crippen LogP) is 4.38. The Morgan fingerprint density at radius 2 is 1.85 bits per heavy atom. The number of aromatic nitrogens is 1. The number of pyridine rings is 1. The first-order chi connectivity index (χ1) is 13.1. The third-order valence-corrected chi connectivity index (χ3v) is 7.17. The Bertz CT molecular complexity index is 852. The molecule has 2 aromatic rings. The van der Waals surface area contributed by atoms with Crippen LogP contribution in [0.3, 0.4) is 0 Å². The van der Waals surface area contributed by atoms with E-state index in [4.69, 9.17) is 0 Å². The molecule has 1 N–H and O–H groups in total. The maximum atomic E-state index is 13.3. The van der Waals surface area contributed by atoms with Gasteiger partial charge in [0, 0.05) is 12.7 Å². The van der Waals surface area contributed by atoms with E-state index in [0.717, 1.165) is 24.8 Å². The van der Waals surface area contributed by atoms with Gasteiger partial charge in [-0.25, -0.2) is 4.98 Å². The average Bonchev–Trinajstić information content (AvgIpc) is 2.66. The second-order valence-corrected chi connectivity index (χ2v) is 9.06. The van der Waals surface area contributed by atoms with E-state index >= 15 is 0 Å². The first-order valence-corrected chi connectivity index (χ1v) is 10.0. The van der Waals surface area contributed by atoms with Crippen LogP contribution in [0.4, 0.5) is 4.39 Å². The maximum Gasteiger partial charge on any atom is 0.226 e. The van der Waals surface area contributed by atoms with Crippen LogP contribution in [0.5, 0.6) is 0 Å². The Balaban J connectivity index is 1.39. The van der Waals surface area contributed by atoms with Gasteiger partial charge in [-0.3, -0.25) is 4.79 Å². The van der Waals surface area contributed by atoms with Crippen LogP contribution in [-0.4, -0.2) is 10.9 Å². The van der Waals surface area contributed by atoms with Gasteiger partial charge in [0.2, 0.25) is 11.9 Å². The van der Waals surface area contributed by atoms with Crippen LogP contribution in [-0.2, 0) is 16.8 Å². The summed E-state index contributed by atoms with van der Waals surface area (Å²) < 4.78 is 13.3. The zero-order chi connectivity index (χ0) is 18.5. The van der Waals surface area contributed by atoms with Crippen molar-refractivity contribution in [2.75, 3.05) is 0 Å². The molecule has 0 radical (unpaired) electrons. The minimum atomic E-state index is -0.500. The van der Waals surface area contributed by atoms with Crippen LogP contribution in [0.1, 0.15) is 49.7 Å². The summed E-state index contributed by atoms with van der Waals surface area (Å²) in [4.78, 5) is 16.9. The van der Waals surface area contributed by atoms with Crippen LogP contribution < -0.4 is 5.32 Å². The standard InChI is InChI=1S/C23H25FN2O/c24-20-9-16(6-7-25-20)14-26-21(27)23-12-17-8-18(13-23)11-22(10-17,15-23)19-4-2-1-3-5-19/h1-7,9,17-18H,8,10-15H2,(H,26,27). The summed E-state index contributed by atoms with van der Waals surface area (Å²) in [6, 6.07) is 14.0. The molecule has 4 aliphatic carbocycles. The number of rotatable bonds is 4. The molecule has 1 aromatic heterocycles. The highest BCUT2D eigenvalue weighted by atomic mass is 19.1. The molecule has 0 saturated heterocycles. The number of hydrogen-bond acceptors (Lipinski definition) is 2. The van der Waals surface area contributed by atoms with Crippen LogP contribution in [0.15, 0.2) is 48.7 Å². The van der Waals surface area contributed by atoms with Crippen LogP contribution in [0, 0.1) is 23.2 Å². The third-order valence-electron chi connectivity index (χ3n) is 7.17. The molecular formula is C23H25FN2O. The van der Waals surface area contributed by atoms with Gasteiger partial charge in [-0.1, -0.05) is 30.3 Å². The lowest BCUT2D eigenvalue weighted by Gasteiger charge is -2.61. The molecule has 0 spiro atoms. The van der Waals surface area contributed by atoms with E-state index in [9.17, 15) is 9.18 Å². The van der Waals surface area contributed by atoms with Gasteiger partial charge in [-0.05, 0) is 79.0 Å². The van der Waals surface area contributed by atoms with Crippen molar-refractivity contribution in [3.05, 3.63) is 65.7 Å². The van der Waals surface area contributed by atoms with Crippen molar-refractivity contribution in [1.29, 1.82) is 0 Å². The fourth-order valence-corrected chi connectivity index (χ4v) is 6.58. The highest BCUT2D eigenvalue weighted by Gasteiger charge is 2.60. The third kappa shape index (κ3) is 2.86. The lowest BCUT2D eigenvalue weighted by Crippen LogP contribution is -2.59. The summed E-state index contributed by atoms with van der Waals surface area (Å²) in [7, 11) is 0. The number of hydrogen-bond donors (Lipinski definition) is 1. The summed E-state index contributed by atoms with van der Waals surface area (Å²) in [5, 5.41) is 3.12. The van der Waals surface area contributed by atoms with E-state index in [0.29, 0.717) is 18.4 Å². The van der Waals surface area contributed by atoms with Crippen LogP contribution in [0.25, 0.3) is 0 Å². The minimum Gasteiger partial charge on any atom is -0.352 e. The molecule has 140 valence electrons. The Kier molecular flexibility index (Phi) is 3.85. The first kappa shape index (κ1) is 16.9. The predicted molar refractivity (Wildman–Crippen MR) is 101 cm³/mol. The topological polar surface area (TPSA) is 42.0 Å². The number of nitrogens with one attached hydrogen (secondary N) is 1. The van der Waals surface area contributed by atoms with Gasteiger partial charge in [-0.2, -0.15) is 4.39 Å². The molecular weight excluding hydrogens is 339 g/mol. The van der Waals surface area contributed by atoms with Gasteiger partial charge >= 0.3 is 0 Å². The van der Waals surface area contributed by atoms with E-state index < -0.39 is 5.95 Å². The van der Waals surface area contributed by atoms with Gasteiger partial charge in [0.25, 0.3) is 0 Å². The lowest BCUT2D eigenvalue weighted by molar-refractivity contribution is -0.149. The number of carbonyl (C=O) groups excluding carboxylic acids is 1. The van der Waals surface area contributed by atoms with Crippen molar-refractivity contribution in [3.8, 4) is 0 Å². The zero-order valence-corrected chi connectivity index (χ0v) is 15.5. The summed E-state index contributed by atoms with van der Waals surface area (Å²) in [6.45, 7) is 0.369. The average molecular weight is 364 g/mol. The molecule has 4 aliphatic rings. The normalized spacial score (nSPS) is 33.8. The molecule has 4 saturated carbocycles. The molecule has 27 heavy (non-hydrogen) atoms. The maximum absolute atomic E-state index is 13.3. The molecule has 3 nitrogen and oxygen atoms in total. The molecule has 6 rings (SSSR count). The quantitative estimate of drug-likeness (QED) is 0.819. The van der Waals surface area contributed by atoms with Gasteiger partial charge in [0.15, 0.2) is 0 Å². The fourth-order valence-electron chi connectivity index (χ4n) is 6.58. The highest BCUT2D eigenvalue weighted by Crippen LogP contribution is 2.65. The van der Waals surface area contributed by atoms with E-state index in [-0.39, 0.29) is 16.7 Å². The smallest absolute Gasteiger partial charge is 0.226 e. The number of nitrogens with zero attached hydrogens (tertiary/aromatic N) is 1. The lowest BCUT2D eigenvalue weighted by atomic mass is 9.42. The van der Waals surface area contributed by atoms with Crippen molar-refractivity contribution in [2.24, 2.45) is 17.3 Å². The van der Waals surface area contributed by atoms with Gasteiger partial charge < -0.3 is 5.32 Å². The molecule has 4 bridgehead atoms. The summed E-state index contributed by atoms with van der Waals surface area (Å²) in [5.41, 5.74) is 2.07. The highest BCUT2D eigenvalue weighted by molar-refractivity contribution is 5.83. The Labute approximate surface area is 159 Å². The molecule has 1 amide bonds. The van der Waals surface area contributed by atoms with Crippen molar-refractivity contribution >= 4 is 5.91 Å². The fraction of sp³-hybridized carbons (Fsp3) is 0.478. The van der Waals surface area contributed by atoms with Crippen molar-refractivity contribution < 1.29 is 9.18 Å². The van der Waals surface area contributed by atoms with Gasteiger partial charge in [-0.15, -0.1) is 0 Å².